The summed E-state index contributed by atoms with van der Waals surface area (Å²) in [7, 11) is 0.395. The van der Waals surface area contributed by atoms with Crippen molar-refractivity contribution < 1.29 is 26.6 Å². The van der Waals surface area contributed by atoms with E-state index in [9.17, 15) is 0 Å². The molecule has 8 heteroatoms. The van der Waals surface area contributed by atoms with Crippen LogP contribution in [0.4, 0.5) is 0 Å². The average molecular weight is 451 g/mol. The van der Waals surface area contributed by atoms with Gasteiger partial charge in [-0.2, -0.15) is 0 Å². The molecule has 0 unspecified atom stereocenters. The van der Waals surface area contributed by atoms with Gasteiger partial charge in [0.2, 0.25) is 0 Å². The molecule has 0 heterocycles. The van der Waals surface area contributed by atoms with Crippen LogP contribution in [0.25, 0.3) is 0 Å². The molecule has 174 valence electrons. The Morgan fingerprint density at radius 3 is 1.10 bits per heavy atom. The van der Waals surface area contributed by atoms with E-state index >= 15 is 0 Å². The minimum absolute atomic E-state index is 0.515. The van der Waals surface area contributed by atoms with Gasteiger partial charge in [-0.3, -0.25) is 0 Å². The number of hydrogen-bond donors (Lipinski definition) is 0. The molecule has 0 saturated heterocycles. The van der Waals surface area contributed by atoms with E-state index in [0.29, 0.717) is 30.9 Å². The van der Waals surface area contributed by atoms with Gasteiger partial charge in [-0.15, -0.1) is 0 Å². The van der Waals surface area contributed by atoms with E-state index in [-0.39, 0.29) is 0 Å². The fourth-order valence-corrected chi connectivity index (χ4v) is 10.6. The second kappa shape index (κ2) is 15.1. The first kappa shape index (κ1) is 27.2. The Kier molecular flexibility index (Phi) is 14.2. The normalized spacial score (nSPS) is 19.7. The standard InChI is InChI=1S/C12H26O3Si.C9H20O3Si/c1-4-13-16(14-5-2,15-6-3)12-10-8-7-9-11-12;1-10-13(11-2,12-3)9-7-5-4-6-8-9/h12H,4-11H2,1-3H3;9H,4-8H2,1-3H3. The minimum atomic E-state index is -2.39. The van der Waals surface area contributed by atoms with E-state index in [1.54, 1.807) is 21.3 Å². The van der Waals surface area contributed by atoms with Gasteiger partial charge in [-0.1, -0.05) is 38.5 Å². The molecular weight excluding hydrogens is 404 g/mol. The van der Waals surface area contributed by atoms with Crippen molar-refractivity contribution in [1.29, 1.82) is 0 Å². The zero-order chi connectivity index (χ0) is 21.6. The van der Waals surface area contributed by atoms with Crippen LogP contribution in [0.2, 0.25) is 11.1 Å². The Balaban J connectivity index is 0.000000296. The predicted octanol–water partition coefficient (Wildman–Crippen LogP) is 5.57. The Morgan fingerprint density at radius 2 is 0.828 bits per heavy atom. The van der Waals surface area contributed by atoms with Crippen molar-refractivity contribution in [2.75, 3.05) is 41.2 Å². The maximum absolute atomic E-state index is 5.94. The summed E-state index contributed by atoms with van der Waals surface area (Å²) in [6.07, 6.45) is 12.7. The lowest BCUT2D eigenvalue weighted by Gasteiger charge is -2.37. The highest BCUT2D eigenvalue weighted by Gasteiger charge is 2.49. The maximum atomic E-state index is 5.94. The third-order valence-corrected chi connectivity index (χ3v) is 13.0. The highest BCUT2D eigenvalue weighted by molar-refractivity contribution is 6.62. The molecule has 0 aromatic carbocycles. The van der Waals surface area contributed by atoms with E-state index < -0.39 is 17.6 Å². The molecule has 2 aliphatic rings. The van der Waals surface area contributed by atoms with Crippen LogP contribution in [-0.4, -0.2) is 58.8 Å². The van der Waals surface area contributed by atoms with Crippen LogP contribution < -0.4 is 0 Å². The third-order valence-electron chi connectivity index (χ3n) is 6.10. The molecule has 0 atom stereocenters. The maximum Gasteiger partial charge on any atom is 0.504 e. The first-order valence-corrected chi connectivity index (χ1v) is 15.3. The van der Waals surface area contributed by atoms with Gasteiger partial charge in [0.1, 0.15) is 0 Å². The molecule has 0 bridgehead atoms. The van der Waals surface area contributed by atoms with E-state index in [0.717, 1.165) is 0 Å². The molecule has 2 aliphatic carbocycles. The van der Waals surface area contributed by atoms with Gasteiger partial charge in [-0.05, 0) is 46.5 Å². The molecule has 2 fully saturated rings. The van der Waals surface area contributed by atoms with Crippen LogP contribution in [0.5, 0.6) is 0 Å². The summed E-state index contributed by atoms with van der Waals surface area (Å²) < 4.78 is 34.2. The fourth-order valence-electron chi connectivity index (χ4n) is 4.74. The molecule has 2 saturated carbocycles. The lowest BCUT2D eigenvalue weighted by Crippen LogP contribution is -2.51. The predicted molar refractivity (Wildman–Crippen MR) is 121 cm³/mol. The highest BCUT2D eigenvalue weighted by Crippen LogP contribution is 2.39. The van der Waals surface area contributed by atoms with Crippen molar-refractivity contribution in [2.45, 2.75) is 96.1 Å². The summed E-state index contributed by atoms with van der Waals surface area (Å²) in [6, 6.07) is 0. The quantitative estimate of drug-likeness (QED) is 0.384. The van der Waals surface area contributed by atoms with Gasteiger partial charge in [-0.25, -0.2) is 0 Å². The second-order valence-corrected chi connectivity index (χ2v) is 13.9. The molecule has 0 aliphatic heterocycles. The molecule has 29 heavy (non-hydrogen) atoms. The Morgan fingerprint density at radius 1 is 0.517 bits per heavy atom. The van der Waals surface area contributed by atoms with E-state index in [4.69, 9.17) is 26.6 Å². The van der Waals surface area contributed by atoms with Crippen molar-refractivity contribution in [2.24, 2.45) is 0 Å². The van der Waals surface area contributed by atoms with Crippen molar-refractivity contribution in [3.63, 3.8) is 0 Å². The Labute approximate surface area is 181 Å². The monoisotopic (exact) mass is 450 g/mol. The van der Waals surface area contributed by atoms with Crippen LogP contribution in [0, 0.1) is 0 Å². The lowest BCUT2D eigenvalue weighted by molar-refractivity contribution is 0.0561. The zero-order valence-electron chi connectivity index (χ0n) is 19.8. The molecule has 6 nitrogen and oxygen atoms in total. The molecule has 0 spiro atoms. The van der Waals surface area contributed by atoms with Gasteiger partial charge in [0.25, 0.3) is 0 Å². The molecule has 0 radical (unpaired) electrons. The van der Waals surface area contributed by atoms with Crippen molar-refractivity contribution in [1.82, 2.24) is 0 Å². The van der Waals surface area contributed by atoms with Crippen LogP contribution in [0.3, 0.4) is 0 Å². The SMILES string of the molecule is CCO[Si](OCC)(OCC)C1CCCCC1.CO[Si](OC)(OC)C1CCCCC1. The molecule has 0 aromatic heterocycles. The van der Waals surface area contributed by atoms with Crippen molar-refractivity contribution in [3.05, 3.63) is 0 Å². The van der Waals surface area contributed by atoms with Gasteiger partial charge < -0.3 is 26.6 Å². The van der Waals surface area contributed by atoms with Gasteiger partial charge in [0, 0.05) is 52.2 Å². The van der Waals surface area contributed by atoms with E-state index in [1.807, 2.05) is 20.8 Å². The van der Waals surface area contributed by atoms with Crippen LogP contribution in [-0.2, 0) is 26.6 Å². The molecule has 0 N–H and O–H groups in total. The smallest absolute Gasteiger partial charge is 0.377 e. The van der Waals surface area contributed by atoms with Gasteiger partial charge in [0.05, 0.1) is 0 Å². The summed E-state index contributed by atoms with van der Waals surface area (Å²) in [5, 5.41) is 0. The fraction of sp³-hybridized carbons (Fsp3) is 1.00. The van der Waals surface area contributed by atoms with Crippen molar-refractivity contribution in [3.8, 4) is 0 Å². The summed E-state index contributed by atoms with van der Waals surface area (Å²) in [4.78, 5) is 0. The van der Waals surface area contributed by atoms with Crippen LogP contribution in [0.1, 0.15) is 85.0 Å². The number of rotatable bonds is 11. The zero-order valence-corrected chi connectivity index (χ0v) is 21.8. The summed E-state index contributed by atoms with van der Waals surface area (Å²) in [5.74, 6) is 0. The number of hydrogen-bond acceptors (Lipinski definition) is 6. The summed E-state index contributed by atoms with van der Waals surface area (Å²) >= 11 is 0. The highest BCUT2D eigenvalue weighted by atomic mass is 28.4. The van der Waals surface area contributed by atoms with Crippen LogP contribution >= 0.6 is 0 Å². The average Bonchev–Trinajstić information content (AvgIpc) is 2.78. The van der Waals surface area contributed by atoms with Crippen LogP contribution in [0.15, 0.2) is 0 Å². The second-order valence-electron chi connectivity index (χ2n) is 7.79. The third kappa shape index (κ3) is 7.99. The molecule has 2 rings (SSSR count). The molecule has 0 aromatic rings. The van der Waals surface area contributed by atoms with Crippen molar-refractivity contribution >= 4 is 17.6 Å². The molecular formula is C21H46O6Si2. The summed E-state index contributed by atoms with van der Waals surface area (Å²) in [5.41, 5.74) is 1.04. The summed E-state index contributed by atoms with van der Waals surface area (Å²) in [6.45, 7) is 8.18. The Bertz CT molecular complexity index is 371. The largest absolute Gasteiger partial charge is 0.504 e. The lowest BCUT2D eigenvalue weighted by atomic mass is 10.0. The minimum Gasteiger partial charge on any atom is -0.377 e. The van der Waals surface area contributed by atoms with E-state index in [2.05, 4.69) is 0 Å². The van der Waals surface area contributed by atoms with E-state index in [1.165, 1.54) is 64.2 Å². The first-order chi connectivity index (χ1) is 14.1. The van der Waals surface area contributed by atoms with Gasteiger partial charge in [0.15, 0.2) is 0 Å². The molecule has 0 amide bonds. The van der Waals surface area contributed by atoms with Gasteiger partial charge >= 0.3 is 17.6 Å². The topological polar surface area (TPSA) is 55.4 Å². The first-order valence-electron chi connectivity index (χ1n) is 11.6. The Hall–Kier alpha value is 0.194.